The lowest BCUT2D eigenvalue weighted by molar-refractivity contribution is -0.138. The van der Waals surface area contributed by atoms with Gasteiger partial charge in [-0.05, 0) is 50.1 Å². The highest BCUT2D eigenvalue weighted by molar-refractivity contribution is 8.00. The Kier molecular flexibility index (Phi) is 6.04. The van der Waals surface area contributed by atoms with Crippen LogP contribution >= 0.6 is 11.8 Å². The number of carbonyl (C=O) groups excluding carboxylic acids is 1. The summed E-state index contributed by atoms with van der Waals surface area (Å²) in [6.45, 7) is 5.70. The third-order valence-electron chi connectivity index (χ3n) is 3.73. The number of benzene rings is 2. The molecular formula is C19H21NO3S. The number of hydrogen-bond donors (Lipinski definition) is 2. The van der Waals surface area contributed by atoms with E-state index in [0.29, 0.717) is 17.0 Å². The summed E-state index contributed by atoms with van der Waals surface area (Å²) in [5, 5.41) is 11.9. The van der Waals surface area contributed by atoms with Crippen LogP contribution in [0, 0.1) is 13.8 Å². The molecule has 5 heteroatoms. The molecule has 0 aliphatic rings. The van der Waals surface area contributed by atoms with Crippen molar-refractivity contribution in [2.75, 3.05) is 11.1 Å². The highest BCUT2D eigenvalue weighted by Crippen LogP contribution is 2.24. The highest BCUT2D eigenvalue weighted by Gasteiger charge is 2.14. The van der Waals surface area contributed by atoms with Crippen molar-refractivity contribution in [2.24, 2.45) is 0 Å². The molecule has 0 saturated carbocycles. The van der Waals surface area contributed by atoms with Crippen LogP contribution in [0.4, 0.5) is 5.69 Å². The quantitative estimate of drug-likeness (QED) is 0.771. The Morgan fingerprint density at radius 3 is 2.58 bits per heavy atom. The summed E-state index contributed by atoms with van der Waals surface area (Å²) in [6, 6.07) is 13.1. The molecule has 1 atom stereocenters. The molecule has 0 spiro atoms. The molecule has 1 amide bonds. The molecule has 0 fully saturated rings. The first-order valence-electron chi connectivity index (χ1n) is 7.69. The fourth-order valence-electron chi connectivity index (χ4n) is 2.33. The van der Waals surface area contributed by atoms with Crippen molar-refractivity contribution in [1.29, 1.82) is 0 Å². The van der Waals surface area contributed by atoms with Crippen LogP contribution in [0.25, 0.3) is 0 Å². The van der Waals surface area contributed by atoms with Crippen molar-refractivity contribution in [3.8, 4) is 0 Å². The predicted molar refractivity (Wildman–Crippen MR) is 97.8 cm³/mol. The molecule has 0 aromatic heterocycles. The van der Waals surface area contributed by atoms with Gasteiger partial charge >= 0.3 is 5.97 Å². The average molecular weight is 343 g/mol. The molecule has 0 aliphatic heterocycles. The van der Waals surface area contributed by atoms with Crippen LogP contribution in [0.2, 0.25) is 0 Å². The van der Waals surface area contributed by atoms with E-state index in [1.807, 2.05) is 26.0 Å². The maximum Gasteiger partial charge on any atom is 0.310 e. The van der Waals surface area contributed by atoms with E-state index < -0.39 is 11.9 Å². The monoisotopic (exact) mass is 343 g/mol. The zero-order valence-corrected chi connectivity index (χ0v) is 14.8. The summed E-state index contributed by atoms with van der Waals surface area (Å²) >= 11 is 1.49. The van der Waals surface area contributed by atoms with Crippen molar-refractivity contribution < 1.29 is 14.7 Å². The van der Waals surface area contributed by atoms with Gasteiger partial charge in [0.2, 0.25) is 5.91 Å². The smallest absolute Gasteiger partial charge is 0.310 e. The number of anilines is 1. The number of hydrogen-bond acceptors (Lipinski definition) is 3. The number of amides is 1. The molecule has 126 valence electrons. The Hall–Kier alpha value is -2.27. The molecular weight excluding hydrogens is 322 g/mol. The average Bonchev–Trinajstić information content (AvgIpc) is 2.53. The molecule has 0 saturated heterocycles. The fourth-order valence-corrected chi connectivity index (χ4v) is 3.14. The summed E-state index contributed by atoms with van der Waals surface area (Å²) in [5.41, 5.74) is 3.64. The van der Waals surface area contributed by atoms with E-state index in [1.54, 1.807) is 31.2 Å². The summed E-state index contributed by atoms with van der Waals surface area (Å²) in [4.78, 5) is 24.3. The van der Waals surface area contributed by atoms with Gasteiger partial charge in [0.05, 0.1) is 11.7 Å². The second-order valence-corrected chi connectivity index (χ2v) is 6.81. The van der Waals surface area contributed by atoms with Crippen LogP contribution in [-0.4, -0.2) is 22.7 Å². The first kappa shape index (κ1) is 18.1. The Balaban J connectivity index is 1.97. The molecule has 0 heterocycles. The number of carbonyl (C=O) groups is 2. The summed E-state index contributed by atoms with van der Waals surface area (Å²) in [7, 11) is 0. The van der Waals surface area contributed by atoms with Crippen molar-refractivity contribution in [2.45, 2.75) is 31.6 Å². The van der Waals surface area contributed by atoms with Crippen LogP contribution in [0.15, 0.2) is 47.4 Å². The van der Waals surface area contributed by atoms with Gasteiger partial charge in [0.1, 0.15) is 0 Å². The second-order valence-electron chi connectivity index (χ2n) is 5.79. The number of aliphatic carboxylic acids is 1. The maximum atomic E-state index is 12.1. The minimum Gasteiger partial charge on any atom is -0.481 e. The molecule has 0 radical (unpaired) electrons. The normalized spacial score (nSPS) is 11.8. The third kappa shape index (κ3) is 4.86. The maximum absolute atomic E-state index is 12.1. The van der Waals surface area contributed by atoms with E-state index in [1.165, 1.54) is 17.3 Å². The molecule has 1 unspecified atom stereocenters. The highest BCUT2D eigenvalue weighted by atomic mass is 32.2. The molecule has 24 heavy (non-hydrogen) atoms. The minimum atomic E-state index is -0.885. The van der Waals surface area contributed by atoms with Crippen LogP contribution in [-0.2, 0) is 9.59 Å². The zero-order valence-electron chi connectivity index (χ0n) is 14.0. The number of carboxylic acid groups (broad SMARTS) is 1. The first-order valence-corrected chi connectivity index (χ1v) is 8.68. The van der Waals surface area contributed by atoms with E-state index in [-0.39, 0.29) is 5.91 Å². The van der Waals surface area contributed by atoms with E-state index in [4.69, 9.17) is 5.11 Å². The van der Waals surface area contributed by atoms with Gasteiger partial charge < -0.3 is 10.4 Å². The Labute approximate surface area is 146 Å². The Morgan fingerprint density at radius 2 is 1.92 bits per heavy atom. The van der Waals surface area contributed by atoms with Gasteiger partial charge in [0, 0.05) is 10.6 Å². The molecule has 2 N–H and O–H groups in total. The van der Waals surface area contributed by atoms with E-state index in [2.05, 4.69) is 11.4 Å². The molecule has 0 aliphatic carbocycles. The minimum absolute atomic E-state index is 0.111. The van der Waals surface area contributed by atoms with Crippen LogP contribution in [0.3, 0.4) is 0 Å². The number of thioether (sulfide) groups is 1. The summed E-state index contributed by atoms with van der Waals surface area (Å²) in [5.74, 6) is -1.29. The summed E-state index contributed by atoms with van der Waals surface area (Å²) in [6.07, 6.45) is 0. The molecule has 2 aromatic rings. The van der Waals surface area contributed by atoms with Gasteiger partial charge in [-0.2, -0.15) is 0 Å². The lowest BCUT2D eigenvalue weighted by atomic mass is 10.0. The third-order valence-corrected chi connectivity index (χ3v) is 4.91. The van der Waals surface area contributed by atoms with E-state index in [0.717, 1.165) is 10.5 Å². The second kappa shape index (κ2) is 8.02. The van der Waals surface area contributed by atoms with Gasteiger partial charge in [-0.25, -0.2) is 0 Å². The van der Waals surface area contributed by atoms with Crippen LogP contribution in [0.1, 0.15) is 29.5 Å². The topological polar surface area (TPSA) is 66.4 Å². The van der Waals surface area contributed by atoms with Crippen LogP contribution < -0.4 is 5.32 Å². The van der Waals surface area contributed by atoms with Gasteiger partial charge in [-0.15, -0.1) is 11.8 Å². The van der Waals surface area contributed by atoms with E-state index in [9.17, 15) is 9.59 Å². The van der Waals surface area contributed by atoms with Gasteiger partial charge in [-0.3, -0.25) is 9.59 Å². The number of aryl methyl sites for hydroxylation is 2. The van der Waals surface area contributed by atoms with Gasteiger partial charge in [-0.1, -0.05) is 29.8 Å². The van der Waals surface area contributed by atoms with Crippen LogP contribution in [0.5, 0.6) is 0 Å². The molecule has 2 aromatic carbocycles. The Morgan fingerprint density at radius 1 is 1.17 bits per heavy atom. The van der Waals surface area contributed by atoms with E-state index >= 15 is 0 Å². The standard InChI is InChI=1S/C19H21NO3S/c1-12-7-8-17(13(2)9-12)24-11-18(21)20-16-6-4-5-15(10-16)14(3)19(22)23/h4-10,14H,11H2,1-3H3,(H,20,21)(H,22,23). The molecule has 4 nitrogen and oxygen atoms in total. The molecule has 0 bridgehead atoms. The largest absolute Gasteiger partial charge is 0.481 e. The SMILES string of the molecule is Cc1ccc(SCC(=O)Nc2cccc(C(C)C(=O)O)c2)c(C)c1. The lowest BCUT2D eigenvalue weighted by Gasteiger charge is -2.10. The Bertz CT molecular complexity index is 758. The predicted octanol–water partition coefficient (Wildman–Crippen LogP) is 4.22. The summed E-state index contributed by atoms with van der Waals surface area (Å²) < 4.78 is 0. The number of rotatable bonds is 6. The number of nitrogens with one attached hydrogen (secondary N) is 1. The number of carboxylic acids is 1. The van der Waals surface area contributed by atoms with Crippen molar-refractivity contribution in [3.63, 3.8) is 0 Å². The lowest BCUT2D eigenvalue weighted by Crippen LogP contribution is -2.15. The fraction of sp³-hybridized carbons (Fsp3) is 0.263. The molecule has 2 rings (SSSR count). The van der Waals surface area contributed by atoms with Gasteiger partial charge in [0.25, 0.3) is 0 Å². The first-order chi connectivity index (χ1) is 11.4. The van der Waals surface area contributed by atoms with Crippen molar-refractivity contribution >= 4 is 29.3 Å². The van der Waals surface area contributed by atoms with Gasteiger partial charge in [0.15, 0.2) is 0 Å². The zero-order chi connectivity index (χ0) is 17.7. The van der Waals surface area contributed by atoms with Crippen molar-refractivity contribution in [1.82, 2.24) is 0 Å². The van der Waals surface area contributed by atoms with Crippen molar-refractivity contribution in [3.05, 3.63) is 59.2 Å².